The van der Waals surface area contributed by atoms with Crippen LogP contribution in [-0.4, -0.2) is 17.9 Å². The van der Waals surface area contributed by atoms with Crippen LogP contribution in [0.25, 0.3) is 0 Å². The van der Waals surface area contributed by atoms with Gasteiger partial charge in [-0.3, -0.25) is 4.79 Å². The molecule has 0 aliphatic carbocycles. The molecule has 18 heavy (non-hydrogen) atoms. The van der Waals surface area contributed by atoms with Gasteiger partial charge >= 0.3 is 0 Å². The average molecular weight is 329 g/mol. The fourth-order valence-corrected chi connectivity index (χ4v) is 2.05. The molecule has 0 fully saturated rings. The molecule has 0 unspecified atom stereocenters. The molecule has 0 saturated carbocycles. The summed E-state index contributed by atoms with van der Waals surface area (Å²) in [7, 11) is 1.73. The van der Waals surface area contributed by atoms with Gasteiger partial charge in [-0.1, -0.05) is 28.1 Å². The number of nitrogens with zero attached hydrogens (tertiary/aromatic N) is 1. The van der Waals surface area contributed by atoms with Crippen LogP contribution in [0.15, 0.2) is 45.5 Å². The van der Waals surface area contributed by atoms with E-state index in [0.29, 0.717) is 12.1 Å². The second-order valence-electron chi connectivity index (χ2n) is 3.90. The van der Waals surface area contributed by atoms with E-state index in [0.717, 1.165) is 10.0 Å². The molecule has 1 amide bonds. The molecule has 1 heterocycles. The van der Waals surface area contributed by atoms with Gasteiger partial charge in [0.2, 0.25) is 5.22 Å². The number of rotatable bonds is 3. The van der Waals surface area contributed by atoms with E-state index < -0.39 is 0 Å². The molecule has 0 N–H and O–H groups in total. The fraction of sp³-hybridized carbons (Fsp3) is 0.154. The van der Waals surface area contributed by atoms with Crippen molar-refractivity contribution in [3.05, 3.63) is 57.4 Å². The van der Waals surface area contributed by atoms with E-state index in [2.05, 4.69) is 15.9 Å². The first-order chi connectivity index (χ1) is 8.58. The maximum atomic E-state index is 12.1. The quantitative estimate of drug-likeness (QED) is 0.854. The van der Waals surface area contributed by atoms with Crippen molar-refractivity contribution in [1.82, 2.24) is 4.90 Å². The third-order valence-corrected chi connectivity index (χ3v) is 3.35. The molecular weight excluding hydrogens is 318 g/mol. The Morgan fingerprint density at radius 2 is 2.00 bits per heavy atom. The molecule has 0 atom stereocenters. The van der Waals surface area contributed by atoms with Crippen LogP contribution in [0.4, 0.5) is 0 Å². The van der Waals surface area contributed by atoms with Crippen LogP contribution in [0.1, 0.15) is 15.9 Å². The van der Waals surface area contributed by atoms with Gasteiger partial charge in [0.1, 0.15) is 0 Å². The largest absolute Gasteiger partial charge is 0.452 e. The van der Waals surface area contributed by atoms with Gasteiger partial charge in [0, 0.05) is 18.1 Å². The Morgan fingerprint density at radius 3 is 2.56 bits per heavy atom. The standard InChI is InChI=1S/C13H11BrClNO2/c1-16(8-9-2-4-10(14)5-3-9)13(17)11-6-7-18-12(11)15/h2-7H,8H2,1H3. The summed E-state index contributed by atoms with van der Waals surface area (Å²) in [5, 5.41) is 0.127. The normalized spacial score (nSPS) is 10.4. The van der Waals surface area contributed by atoms with Crippen LogP contribution in [-0.2, 0) is 6.54 Å². The monoisotopic (exact) mass is 327 g/mol. The lowest BCUT2D eigenvalue weighted by atomic mass is 10.2. The maximum absolute atomic E-state index is 12.1. The zero-order valence-electron chi connectivity index (χ0n) is 9.69. The Kier molecular flexibility index (Phi) is 4.09. The lowest BCUT2D eigenvalue weighted by Gasteiger charge is -2.16. The Bertz CT molecular complexity index is 550. The number of halogens is 2. The minimum atomic E-state index is -0.156. The van der Waals surface area contributed by atoms with Gasteiger partial charge in [-0.2, -0.15) is 0 Å². The Morgan fingerprint density at radius 1 is 1.33 bits per heavy atom. The molecule has 1 aromatic carbocycles. The van der Waals surface area contributed by atoms with Gasteiger partial charge in [0.15, 0.2) is 0 Å². The van der Waals surface area contributed by atoms with Gasteiger partial charge in [-0.15, -0.1) is 0 Å². The number of benzene rings is 1. The highest BCUT2D eigenvalue weighted by Gasteiger charge is 2.17. The van der Waals surface area contributed by atoms with E-state index >= 15 is 0 Å². The van der Waals surface area contributed by atoms with Crippen molar-refractivity contribution in [2.75, 3.05) is 7.05 Å². The average Bonchev–Trinajstić information content (AvgIpc) is 2.77. The molecule has 94 valence electrons. The van der Waals surface area contributed by atoms with E-state index in [4.69, 9.17) is 16.0 Å². The molecule has 0 spiro atoms. The lowest BCUT2D eigenvalue weighted by molar-refractivity contribution is 0.0784. The molecule has 5 heteroatoms. The van der Waals surface area contributed by atoms with Crippen LogP contribution in [0, 0.1) is 0 Å². The van der Waals surface area contributed by atoms with Crippen LogP contribution in [0.5, 0.6) is 0 Å². The SMILES string of the molecule is CN(Cc1ccc(Br)cc1)C(=O)c1ccoc1Cl. The molecule has 0 bridgehead atoms. The van der Waals surface area contributed by atoms with Crippen molar-refractivity contribution in [2.24, 2.45) is 0 Å². The van der Waals surface area contributed by atoms with Crippen molar-refractivity contribution in [3.63, 3.8) is 0 Å². The molecule has 0 aliphatic rings. The first-order valence-electron chi connectivity index (χ1n) is 5.31. The van der Waals surface area contributed by atoms with Crippen LogP contribution in [0.3, 0.4) is 0 Å². The first kappa shape index (κ1) is 13.2. The molecule has 2 aromatic rings. The summed E-state index contributed by atoms with van der Waals surface area (Å²) in [6.45, 7) is 0.521. The maximum Gasteiger partial charge on any atom is 0.258 e. The minimum absolute atomic E-state index is 0.127. The molecule has 2 rings (SSSR count). The lowest BCUT2D eigenvalue weighted by Crippen LogP contribution is -2.26. The summed E-state index contributed by atoms with van der Waals surface area (Å²) in [5.41, 5.74) is 1.44. The summed E-state index contributed by atoms with van der Waals surface area (Å²) in [5.74, 6) is -0.156. The number of carbonyl (C=O) groups is 1. The van der Waals surface area contributed by atoms with Gasteiger partial charge < -0.3 is 9.32 Å². The Hall–Kier alpha value is -1.26. The van der Waals surface area contributed by atoms with Crippen molar-refractivity contribution in [3.8, 4) is 0 Å². The molecule has 3 nitrogen and oxygen atoms in total. The second-order valence-corrected chi connectivity index (χ2v) is 5.15. The zero-order chi connectivity index (χ0) is 13.1. The van der Waals surface area contributed by atoms with E-state index in [1.807, 2.05) is 24.3 Å². The van der Waals surface area contributed by atoms with Crippen molar-refractivity contribution < 1.29 is 9.21 Å². The molecule has 0 aliphatic heterocycles. The predicted octanol–water partition coefficient (Wildman–Crippen LogP) is 3.97. The van der Waals surface area contributed by atoms with Gasteiger partial charge in [-0.25, -0.2) is 0 Å². The first-order valence-corrected chi connectivity index (χ1v) is 6.48. The Balaban J connectivity index is 2.08. The summed E-state index contributed by atoms with van der Waals surface area (Å²) < 4.78 is 5.93. The van der Waals surface area contributed by atoms with Crippen LogP contribution in [0.2, 0.25) is 5.22 Å². The van der Waals surface area contributed by atoms with Gasteiger partial charge in [0.05, 0.1) is 11.8 Å². The van der Waals surface area contributed by atoms with E-state index in [1.165, 1.54) is 6.26 Å². The predicted molar refractivity (Wildman–Crippen MR) is 73.7 cm³/mol. The smallest absolute Gasteiger partial charge is 0.258 e. The summed E-state index contributed by atoms with van der Waals surface area (Å²) in [6.07, 6.45) is 1.41. The molecule has 0 saturated heterocycles. The highest BCUT2D eigenvalue weighted by Crippen LogP contribution is 2.19. The van der Waals surface area contributed by atoms with E-state index in [1.54, 1.807) is 18.0 Å². The number of furan rings is 1. The van der Waals surface area contributed by atoms with Crippen LogP contribution < -0.4 is 0 Å². The van der Waals surface area contributed by atoms with Crippen molar-refractivity contribution in [1.29, 1.82) is 0 Å². The van der Waals surface area contributed by atoms with E-state index in [9.17, 15) is 4.79 Å². The number of carbonyl (C=O) groups excluding carboxylic acids is 1. The number of hydrogen-bond acceptors (Lipinski definition) is 2. The minimum Gasteiger partial charge on any atom is -0.452 e. The van der Waals surface area contributed by atoms with E-state index in [-0.39, 0.29) is 11.1 Å². The molecule has 1 aromatic heterocycles. The molecular formula is C13H11BrClNO2. The summed E-state index contributed by atoms with van der Waals surface area (Å²) in [4.78, 5) is 13.7. The fourth-order valence-electron chi connectivity index (χ4n) is 1.59. The number of hydrogen-bond donors (Lipinski definition) is 0. The second kappa shape index (κ2) is 5.59. The highest BCUT2D eigenvalue weighted by atomic mass is 79.9. The van der Waals surface area contributed by atoms with Crippen LogP contribution >= 0.6 is 27.5 Å². The number of amides is 1. The third-order valence-electron chi connectivity index (χ3n) is 2.53. The summed E-state index contributed by atoms with van der Waals surface area (Å²) >= 11 is 9.15. The van der Waals surface area contributed by atoms with Gasteiger partial charge in [-0.05, 0) is 35.4 Å². The zero-order valence-corrected chi connectivity index (χ0v) is 12.0. The topological polar surface area (TPSA) is 33.5 Å². The highest BCUT2D eigenvalue weighted by molar-refractivity contribution is 9.10. The van der Waals surface area contributed by atoms with Gasteiger partial charge in [0.25, 0.3) is 5.91 Å². The molecule has 0 radical (unpaired) electrons. The third kappa shape index (κ3) is 2.94. The van der Waals surface area contributed by atoms with Crippen molar-refractivity contribution in [2.45, 2.75) is 6.54 Å². The summed E-state index contributed by atoms with van der Waals surface area (Å²) in [6, 6.07) is 9.38. The van der Waals surface area contributed by atoms with Crippen molar-refractivity contribution >= 4 is 33.4 Å². The Labute approximate surface area is 118 Å².